The van der Waals surface area contributed by atoms with Crippen LogP contribution in [0.5, 0.6) is 0 Å². The van der Waals surface area contributed by atoms with E-state index in [1.807, 2.05) is 12.1 Å². The summed E-state index contributed by atoms with van der Waals surface area (Å²) in [5.74, 6) is 0. The summed E-state index contributed by atoms with van der Waals surface area (Å²) in [6, 6.07) is 5.55. The van der Waals surface area contributed by atoms with Crippen molar-refractivity contribution in [1.29, 1.82) is 0 Å². The molecule has 0 amide bonds. The Morgan fingerprint density at radius 2 is 2.27 bits per heavy atom. The quantitative estimate of drug-likeness (QED) is 0.778. The normalized spacial score (nSPS) is 24.2. The Hall–Kier alpha value is -0.730. The second kappa shape index (κ2) is 4.03. The maximum absolute atomic E-state index is 5.98. The molecule has 0 aromatic heterocycles. The molecular formula is C11H10Cl2NO. The van der Waals surface area contributed by atoms with E-state index in [9.17, 15) is 0 Å². The highest BCUT2D eigenvalue weighted by molar-refractivity contribution is 6.42. The molecule has 2 rings (SSSR count). The number of benzene rings is 1. The summed E-state index contributed by atoms with van der Waals surface area (Å²) in [7, 11) is 0. The lowest BCUT2D eigenvalue weighted by molar-refractivity contribution is 0.257. The molecule has 2 nitrogen and oxygen atoms in total. The Morgan fingerprint density at radius 3 is 2.80 bits per heavy atom. The van der Waals surface area contributed by atoms with Gasteiger partial charge in [0.15, 0.2) is 0 Å². The number of nitrogens with zero attached hydrogens (tertiary/aromatic N) is 1. The van der Waals surface area contributed by atoms with Gasteiger partial charge in [-0.2, -0.15) is 0 Å². The Balaban J connectivity index is 2.43. The van der Waals surface area contributed by atoms with Crippen molar-refractivity contribution in [2.24, 2.45) is 4.99 Å². The van der Waals surface area contributed by atoms with Crippen molar-refractivity contribution in [2.75, 3.05) is 6.61 Å². The van der Waals surface area contributed by atoms with E-state index in [1.165, 1.54) is 0 Å². The molecule has 1 heterocycles. The first kappa shape index (κ1) is 10.8. The smallest absolute Gasteiger partial charge is 0.274 e. The Morgan fingerprint density at radius 1 is 1.47 bits per heavy atom. The van der Waals surface area contributed by atoms with Gasteiger partial charge in [0.1, 0.15) is 12.1 Å². The summed E-state index contributed by atoms with van der Waals surface area (Å²) in [5.41, 5.74) is 0.679. The van der Waals surface area contributed by atoms with Crippen molar-refractivity contribution in [3.05, 3.63) is 33.8 Å². The largest absolute Gasteiger partial charge is 0.471 e. The minimum absolute atomic E-state index is 0.339. The first-order valence-electron chi connectivity index (χ1n) is 4.72. The van der Waals surface area contributed by atoms with Crippen LogP contribution in [-0.4, -0.2) is 13.0 Å². The van der Waals surface area contributed by atoms with Gasteiger partial charge in [0.25, 0.3) is 6.40 Å². The highest BCUT2D eigenvalue weighted by atomic mass is 35.5. The van der Waals surface area contributed by atoms with Gasteiger partial charge in [-0.3, -0.25) is 0 Å². The average molecular weight is 243 g/mol. The molecule has 0 fully saturated rings. The van der Waals surface area contributed by atoms with E-state index in [1.54, 1.807) is 6.07 Å². The van der Waals surface area contributed by atoms with Crippen LogP contribution in [0.25, 0.3) is 0 Å². The van der Waals surface area contributed by atoms with E-state index in [0.29, 0.717) is 16.7 Å². The van der Waals surface area contributed by atoms with Crippen molar-refractivity contribution in [2.45, 2.75) is 18.9 Å². The van der Waals surface area contributed by atoms with Crippen molar-refractivity contribution in [1.82, 2.24) is 0 Å². The molecule has 0 saturated carbocycles. The number of rotatable bonds is 2. The van der Waals surface area contributed by atoms with Gasteiger partial charge < -0.3 is 4.74 Å². The fourth-order valence-corrected chi connectivity index (χ4v) is 1.92. The zero-order valence-corrected chi connectivity index (χ0v) is 9.77. The van der Waals surface area contributed by atoms with Crippen LogP contribution >= 0.6 is 23.2 Å². The summed E-state index contributed by atoms with van der Waals surface area (Å²) in [6.45, 7) is 2.57. The van der Waals surface area contributed by atoms with E-state index in [2.05, 4.69) is 18.3 Å². The highest BCUT2D eigenvalue weighted by Crippen LogP contribution is 2.35. The molecule has 79 valence electrons. The molecular weight excluding hydrogens is 233 g/mol. The third-order valence-corrected chi connectivity index (χ3v) is 3.42. The minimum Gasteiger partial charge on any atom is -0.471 e. The predicted octanol–water partition coefficient (Wildman–Crippen LogP) is 3.53. The third kappa shape index (κ3) is 1.84. The minimum atomic E-state index is -0.339. The second-order valence-corrected chi connectivity index (χ2v) is 4.32. The van der Waals surface area contributed by atoms with Crippen LogP contribution in [0.4, 0.5) is 0 Å². The Bertz CT molecular complexity index is 406. The van der Waals surface area contributed by atoms with Crippen LogP contribution in [0.15, 0.2) is 23.2 Å². The third-order valence-electron chi connectivity index (χ3n) is 2.68. The van der Waals surface area contributed by atoms with Gasteiger partial charge in [-0.05, 0) is 24.1 Å². The first-order chi connectivity index (χ1) is 7.18. The van der Waals surface area contributed by atoms with Gasteiger partial charge in [-0.15, -0.1) is 0 Å². The molecule has 1 aliphatic rings. The number of hydrogen-bond acceptors (Lipinski definition) is 2. The molecule has 0 aliphatic carbocycles. The van der Waals surface area contributed by atoms with E-state index in [-0.39, 0.29) is 5.54 Å². The Kier molecular flexibility index (Phi) is 2.89. The molecule has 0 spiro atoms. The van der Waals surface area contributed by atoms with Crippen LogP contribution in [0.3, 0.4) is 0 Å². The summed E-state index contributed by atoms with van der Waals surface area (Å²) < 4.78 is 5.08. The zero-order valence-electron chi connectivity index (χ0n) is 8.26. The van der Waals surface area contributed by atoms with Crippen LogP contribution in [0.1, 0.15) is 18.9 Å². The van der Waals surface area contributed by atoms with E-state index < -0.39 is 0 Å². The van der Waals surface area contributed by atoms with Crippen molar-refractivity contribution in [3.63, 3.8) is 0 Å². The summed E-state index contributed by atoms with van der Waals surface area (Å²) in [4.78, 5) is 4.25. The van der Waals surface area contributed by atoms with Crippen LogP contribution in [0, 0.1) is 0 Å². The zero-order chi connectivity index (χ0) is 10.9. The van der Waals surface area contributed by atoms with Crippen LogP contribution in [0.2, 0.25) is 10.0 Å². The number of aliphatic imine (C=N–C) groups is 1. The molecule has 1 aromatic rings. The van der Waals surface area contributed by atoms with Gasteiger partial charge in [0, 0.05) is 0 Å². The van der Waals surface area contributed by atoms with E-state index in [0.717, 1.165) is 12.0 Å². The number of hydrogen-bond donors (Lipinski definition) is 0. The standard InChI is InChI=1S/C11H10Cl2NO/c1-2-11(6-15-7-14-11)8-3-4-9(12)10(13)5-8/h3-5H,2,6H2,1H3. The Labute approximate surface area is 98.9 Å². The molecule has 0 saturated heterocycles. The van der Waals surface area contributed by atoms with E-state index in [4.69, 9.17) is 27.9 Å². The molecule has 15 heavy (non-hydrogen) atoms. The van der Waals surface area contributed by atoms with Gasteiger partial charge in [0.05, 0.1) is 10.0 Å². The SMILES string of the molecule is CCC1(c2ccc(Cl)c(Cl)c2)CO[C]=N1. The molecule has 1 atom stereocenters. The van der Waals surface area contributed by atoms with Crippen molar-refractivity contribution >= 4 is 29.6 Å². The molecule has 1 aromatic carbocycles. The average Bonchev–Trinajstić information content (AvgIpc) is 2.72. The first-order valence-corrected chi connectivity index (χ1v) is 5.48. The fourth-order valence-electron chi connectivity index (χ4n) is 1.62. The van der Waals surface area contributed by atoms with Crippen molar-refractivity contribution in [3.8, 4) is 0 Å². The van der Waals surface area contributed by atoms with Gasteiger partial charge >= 0.3 is 0 Å². The number of halogens is 2. The molecule has 0 N–H and O–H groups in total. The van der Waals surface area contributed by atoms with Gasteiger partial charge in [-0.1, -0.05) is 36.2 Å². The summed E-state index contributed by atoms with van der Waals surface area (Å²) in [6.07, 6.45) is 3.39. The summed E-state index contributed by atoms with van der Waals surface area (Å²) in [5, 5.41) is 1.10. The molecule has 1 radical (unpaired) electrons. The van der Waals surface area contributed by atoms with Crippen molar-refractivity contribution < 1.29 is 4.74 Å². The second-order valence-electron chi connectivity index (χ2n) is 3.51. The molecule has 1 unspecified atom stereocenters. The topological polar surface area (TPSA) is 21.6 Å². The lowest BCUT2D eigenvalue weighted by Crippen LogP contribution is -2.24. The van der Waals surface area contributed by atoms with Crippen LogP contribution < -0.4 is 0 Å². The maximum atomic E-state index is 5.98. The number of ether oxygens (including phenoxy) is 1. The van der Waals surface area contributed by atoms with E-state index >= 15 is 0 Å². The van der Waals surface area contributed by atoms with Gasteiger partial charge in [-0.25, -0.2) is 4.99 Å². The highest BCUT2D eigenvalue weighted by Gasteiger charge is 2.34. The molecule has 4 heteroatoms. The predicted molar refractivity (Wildman–Crippen MR) is 61.8 cm³/mol. The van der Waals surface area contributed by atoms with Crippen LogP contribution in [-0.2, 0) is 10.3 Å². The lowest BCUT2D eigenvalue weighted by Gasteiger charge is -2.23. The maximum Gasteiger partial charge on any atom is 0.274 e. The molecule has 1 aliphatic heterocycles. The summed E-state index contributed by atoms with van der Waals surface area (Å²) >= 11 is 11.8. The monoisotopic (exact) mass is 242 g/mol. The van der Waals surface area contributed by atoms with Gasteiger partial charge in [0.2, 0.25) is 0 Å². The molecule has 0 bridgehead atoms. The fraction of sp³-hybridized carbons (Fsp3) is 0.364. The lowest BCUT2D eigenvalue weighted by atomic mass is 9.89.